The summed E-state index contributed by atoms with van der Waals surface area (Å²) in [6.45, 7) is 1.66. The zero-order chi connectivity index (χ0) is 19.7. The number of carbonyl (C=O) groups excluding carboxylic acids is 3. The van der Waals surface area contributed by atoms with E-state index in [2.05, 4.69) is 20.9 Å². The third-order valence-corrected chi connectivity index (χ3v) is 4.92. The predicted octanol–water partition coefficient (Wildman–Crippen LogP) is 2.15. The molecule has 2 aromatic carbocycles. The number of amides is 4. The van der Waals surface area contributed by atoms with Gasteiger partial charge in [-0.05, 0) is 31.4 Å². The molecule has 3 N–H and O–H groups in total. The number of benzene rings is 2. The standard InChI is InChI=1S/C20H19N5O3/c1-20(12-11-13-7-3-2-4-8-13)18(27)25(19(28)21-20)24-17(26)16-14-9-5-6-10-15(14)22-23-16/h2-10H,11-12H2,1H3,(H,21,28)(H,22,23)(H,24,26)/t20-/m1/s1. The fraction of sp³-hybridized carbons (Fsp3) is 0.200. The quantitative estimate of drug-likeness (QED) is 0.592. The monoisotopic (exact) mass is 377 g/mol. The molecule has 1 fully saturated rings. The molecule has 3 aromatic rings. The van der Waals surface area contributed by atoms with Gasteiger partial charge in [0.2, 0.25) is 0 Å². The van der Waals surface area contributed by atoms with E-state index < -0.39 is 23.4 Å². The number of nitrogens with one attached hydrogen (secondary N) is 3. The van der Waals surface area contributed by atoms with Gasteiger partial charge in [0.05, 0.1) is 5.52 Å². The number of hydrogen-bond donors (Lipinski definition) is 3. The van der Waals surface area contributed by atoms with Crippen LogP contribution in [0, 0.1) is 0 Å². The Morgan fingerprint density at radius 1 is 1.11 bits per heavy atom. The number of urea groups is 1. The second-order valence-corrected chi connectivity index (χ2v) is 6.95. The lowest BCUT2D eigenvalue weighted by atomic mass is 9.93. The van der Waals surface area contributed by atoms with E-state index in [1.54, 1.807) is 25.1 Å². The van der Waals surface area contributed by atoms with E-state index in [9.17, 15) is 14.4 Å². The topological polar surface area (TPSA) is 107 Å². The lowest BCUT2D eigenvalue weighted by Crippen LogP contribution is -2.49. The molecule has 0 bridgehead atoms. The highest BCUT2D eigenvalue weighted by molar-refractivity contribution is 6.11. The van der Waals surface area contributed by atoms with Crippen LogP contribution >= 0.6 is 0 Å². The fourth-order valence-electron chi connectivity index (χ4n) is 3.29. The smallest absolute Gasteiger partial charge is 0.322 e. The number of carbonyl (C=O) groups is 3. The molecule has 0 aliphatic carbocycles. The van der Waals surface area contributed by atoms with Crippen LogP contribution in [0.5, 0.6) is 0 Å². The number of nitrogens with zero attached hydrogens (tertiary/aromatic N) is 2. The highest BCUT2D eigenvalue weighted by Crippen LogP contribution is 2.23. The summed E-state index contributed by atoms with van der Waals surface area (Å²) in [7, 11) is 0. The minimum atomic E-state index is -1.09. The molecular weight excluding hydrogens is 358 g/mol. The second kappa shape index (κ2) is 6.80. The van der Waals surface area contributed by atoms with Crippen LogP contribution < -0.4 is 10.7 Å². The van der Waals surface area contributed by atoms with Gasteiger partial charge in [-0.25, -0.2) is 4.79 Å². The number of hydrazine groups is 1. The van der Waals surface area contributed by atoms with Crippen molar-refractivity contribution in [2.45, 2.75) is 25.3 Å². The van der Waals surface area contributed by atoms with Gasteiger partial charge in [0.15, 0.2) is 5.69 Å². The molecule has 8 heteroatoms. The minimum Gasteiger partial charge on any atom is -0.322 e. The third-order valence-electron chi connectivity index (χ3n) is 4.92. The van der Waals surface area contributed by atoms with Crippen LogP contribution in [0.2, 0.25) is 0 Å². The van der Waals surface area contributed by atoms with E-state index in [1.807, 2.05) is 36.4 Å². The van der Waals surface area contributed by atoms with Crippen molar-refractivity contribution in [1.82, 2.24) is 25.9 Å². The zero-order valence-corrected chi connectivity index (χ0v) is 15.2. The molecule has 1 aliphatic rings. The van der Waals surface area contributed by atoms with Gasteiger partial charge in [-0.1, -0.05) is 48.5 Å². The summed E-state index contributed by atoms with van der Waals surface area (Å²) in [5, 5.41) is 10.8. The maximum atomic E-state index is 12.8. The largest absolute Gasteiger partial charge is 0.344 e. The van der Waals surface area contributed by atoms with Gasteiger partial charge in [-0.3, -0.25) is 20.1 Å². The normalized spacial score (nSPS) is 19.1. The third kappa shape index (κ3) is 3.09. The lowest BCUT2D eigenvalue weighted by Gasteiger charge is -2.21. The maximum absolute atomic E-state index is 12.8. The van der Waals surface area contributed by atoms with Crippen LogP contribution in [-0.4, -0.2) is 38.6 Å². The molecule has 142 valence electrons. The van der Waals surface area contributed by atoms with Crippen molar-refractivity contribution < 1.29 is 14.4 Å². The summed E-state index contributed by atoms with van der Waals surface area (Å²) >= 11 is 0. The van der Waals surface area contributed by atoms with E-state index in [0.717, 1.165) is 10.6 Å². The summed E-state index contributed by atoms with van der Waals surface area (Å²) in [5.74, 6) is -1.13. The number of hydrogen-bond acceptors (Lipinski definition) is 4. The Bertz CT molecular complexity index is 1060. The molecule has 0 radical (unpaired) electrons. The van der Waals surface area contributed by atoms with Crippen molar-refractivity contribution in [3.05, 3.63) is 65.9 Å². The Hall–Kier alpha value is -3.68. The van der Waals surface area contributed by atoms with E-state index >= 15 is 0 Å². The average molecular weight is 377 g/mol. The van der Waals surface area contributed by atoms with Crippen molar-refractivity contribution in [3.8, 4) is 0 Å². The molecule has 28 heavy (non-hydrogen) atoms. The number of para-hydroxylation sites is 1. The molecule has 0 saturated carbocycles. The number of aromatic amines is 1. The predicted molar refractivity (Wildman–Crippen MR) is 102 cm³/mol. The summed E-state index contributed by atoms with van der Waals surface area (Å²) in [6.07, 6.45) is 1.04. The van der Waals surface area contributed by atoms with E-state index in [-0.39, 0.29) is 5.69 Å². The van der Waals surface area contributed by atoms with Gasteiger partial charge in [0.1, 0.15) is 5.54 Å². The first-order valence-corrected chi connectivity index (χ1v) is 8.93. The Morgan fingerprint density at radius 2 is 1.82 bits per heavy atom. The number of aromatic nitrogens is 2. The molecule has 1 aromatic heterocycles. The Balaban J connectivity index is 1.48. The summed E-state index contributed by atoms with van der Waals surface area (Å²) in [6, 6.07) is 16.2. The summed E-state index contributed by atoms with van der Waals surface area (Å²) < 4.78 is 0. The second-order valence-electron chi connectivity index (χ2n) is 6.95. The molecule has 1 aliphatic heterocycles. The van der Waals surface area contributed by atoms with Crippen LogP contribution in [-0.2, 0) is 11.2 Å². The first kappa shape index (κ1) is 17.7. The SMILES string of the molecule is C[C@]1(CCc2ccccc2)NC(=O)N(NC(=O)c2n[nH]c3ccccc23)C1=O. The summed E-state index contributed by atoms with van der Waals surface area (Å²) in [5.41, 5.74) is 3.16. The van der Waals surface area contributed by atoms with Gasteiger partial charge in [0, 0.05) is 5.39 Å². The first-order valence-electron chi connectivity index (χ1n) is 8.93. The minimum absolute atomic E-state index is 0.120. The average Bonchev–Trinajstić information content (AvgIpc) is 3.22. The van der Waals surface area contributed by atoms with Crippen molar-refractivity contribution in [3.63, 3.8) is 0 Å². The molecule has 4 amide bonds. The molecule has 1 atom stereocenters. The van der Waals surface area contributed by atoms with Crippen LogP contribution in [0.25, 0.3) is 10.9 Å². The molecule has 0 spiro atoms. The number of rotatable bonds is 5. The van der Waals surface area contributed by atoms with E-state index in [0.29, 0.717) is 23.7 Å². The molecule has 2 heterocycles. The highest BCUT2D eigenvalue weighted by Gasteiger charge is 2.48. The Morgan fingerprint density at radius 3 is 2.61 bits per heavy atom. The maximum Gasteiger partial charge on any atom is 0.344 e. The van der Waals surface area contributed by atoms with E-state index in [1.165, 1.54) is 0 Å². The number of fused-ring (bicyclic) bond motifs is 1. The van der Waals surface area contributed by atoms with Crippen molar-refractivity contribution in [1.29, 1.82) is 0 Å². The molecule has 1 saturated heterocycles. The zero-order valence-electron chi connectivity index (χ0n) is 15.2. The van der Waals surface area contributed by atoms with Gasteiger partial charge >= 0.3 is 6.03 Å². The van der Waals surface area contributed by atoms with Gasteiger partial charge in [-0.2, -0.15) is 10.1 Å². The van der Waals surface area contributed by atoms with Gasteiger partial charge < -0.3 is 5.32 Å². The van der Waals surface area contributed by atoms with E-state index in [4.69, 9.17) is 0 Å². The molecule has 4 rings (SSSR count). The Kier molecular flexibility index (Phi) is 4.31. The molecule has 8 nitrogen and oxygen atoms in total. The van der Waals surface area contributed by atoms with Gasteiger partial charge in [0.25, 0.3) is 11.8 Å². The van der Waals surface area contributed by atoms with Crippen LogP contribution in [0.4, 0.5) is 4.79 Å². The number of H-pyrrole nitrogens is 1. The number of imide groups is 1. The van der Waals surface area contributed by atoms with Crippen molar-refractivity contribution in [2.24, 2.45) is 0 Å². The number of aryl methyl sites for hydroxylation is 1. The first-order chi connectivity index (χ1) is 13.5. The Labute approximate surface area is 160 Å². The molecule has 0 unspecified atom stereocenters. The van der Waals surface area contributed by atoms with Crippen molar-refractivity contribution in [2.75, 3.05) is 0 Å². The summed E-state index contributed by atoms with van der Waals surface area (Å²) in [4.78, 5) is 37.7. The highest BCUT2D eigenvalue weighted by atomic mass is 16.2. The molecular formula is C20H19N5O3. The lowest BCUT2D eigenvalue weighted by molar-refractivity contribution is -0.132. The van der Waals surface area contributed by atoms with Crippen LogP contribution in [0.1, 0.15) is 29.4 Å². The van der Waals surface area contributed by atoms with Crippen molar-refractivity contribution >= 4 is 28.7 Å². The fourth-order valence-corrected chi connectivity index (χ4v) is 3.29. The van der Waals surface area contributed by atoms with Crippen LogP contribution in [0.3, 0.4) is 0 Å². The van der Waals surface area contributed by atoms with Crippen LogP contribution in [0.15, 0.2) is 54.6 Å². The van der Waals surface area contributed by atoms with Gasteiger partial charge in [-0.15, -0.1) is 0 Å².